The van der Waals surface area contributed by atoms with Crippen LogP contribution in [0.3, 0.4) is 0 Å². The maximum atomic E-state index is 12.5. The highest BCUT2D eigenvalue weighted by molar-refractivity contribution is 5.99. The summed E-state index contributed by atoms with van der Waals surface area (Å²) in [6, 6.07) is 13.3. The first-order chi connectivity index (χ1) is 14.5. The molecule has 0 spiro atoms. The second kappa shape index (κ2) is 10.1. The first kappa shape index (κ1) is 21.6. The molecule has 0 aromatic heterocycles. The first-order valence-electron chi connectivity index (χ1n) is 10.3. The molecule has 2 aromatic carbocycles. The van der Waals surface area contributed by atoms with E-state index in [1.165, 1.54) is 4.90 Å². The Kier molecular flexibility index (Phi) is 7.30. The highest BCUT2D eigenvalue weighted by Crippen LogP contribution is 2.30. The minimum atomic E-state index is -0.742. The Balaban J connectivity index is 1.68. The van der Waals surface area contributed by atoms with Crippen LogP contribution in [0.2, 0.25) is 0 Å². The molecule has 1 aliphatic heterocycles. The zero-order valence-electron chi connectivity index (χ0n) is 18.0. The third kappa shape index (κ3) is 5.10. The average molecular weight is 413 g/mol. The van der Waals surface area contributed by atoms with Gasteiger partial charge in [-0.25, -0.2) is 5.43 Å². The number of methoxy groups -OCH3 is 1. The number of hydrogen-bond donors (Lipinski definition) is 2. The molecule has 0 radical (unpaired) electrons. The van der Waals surface area contributed by atoms with E-state index >= 15 is 0 Å². The molecule has 0 unspecified atom stereocenters. The van der Waals surface area contributed by atoms with Gasteiger partial charge in [-0.1, -0.05) is 12.1 Å². The van der Waals surface area contributed by atoms with Gasteiger partial charge in [-0.15, -0.1) is 0 Å². The van der Waals surface area contributed by atoms with Crippen LogP contribution in [0, 0.1) is 0 Å². The molecule has 0 saturated carbocycles. The predicted octanol–water partition coefficient (Wildman–Crippen LogP) is 1.80. The van der Waals surface area contributed by atoms with Crippen molar-refractivity contribution < 1.29 is 23.9 Å². The van der Waals surface area contributed by atoms with Gasteiger partial charge in [0.15, 0.2) is 11.5 Å². The highest BCUT2D eigenvalue weighted by Gasteiger charge is 2.27. The second-order valence-electron chi connectivity index (χ2n) is 7.20. The summed E-state index contributed by atoms with van der Waals surface area (Å²) in [5.41, 5.74) is 5.36. The summed E-state index contributed by atoms with van der Waals surface area (Å²) in [5.74, 6) is 1.72. The van der Waals surface area contributed by atoms with Crippen molar-refractivity contribution in [3.05, 3.63) is 53.6 Å². The molecule has 1 heterocycles. The zero-order valence-corrected chi connectivity index (χ0v) is 18.0. The van der Waals surface area contributed by atoms with E-state index in [0.29, 0.717) is 17.2 Å². The van der Waals surface area contributed by atoms with Crippen LogP contribution in [0.4, 0.5) is 0 Å². The Hall–Kier alpha value is -3.06. The van der Waals surface area contributed by atoms with Gasteiger partial charge in [-0.2, -0.15) is 5.10 Å². The van der Waals surface area contributed by atoms with Crippen molar-refractivity contribution in [2.45, 2.75) is 33.4 Å². The lowest BCUT2D eigenvalue weighted by Gasteiger charge is -2.24. The Morgan fingerprint density at radius 1 is 1.20 bits per heavy atom. The lowest BCUT2D eigenvalue weighted by molar-refractivity contribution is -0.910. The number of carbonyl (C=O) groups excluding carboxylic acids is 1. The normalized spacial score (nSPS) is 15.8. The van der Waals surface area contributed by atoms with Crippen molar-refractivity contribution in [2.75, 3.05) is 26.8 Å². The van der Waals surface area contributed by atoms with Crippen LogP contribution in [-0.2, 0) is 11.3 Å². The number of nitrogens with zero attached hydrogens (tertiary/aromatic N) is 1. The number of benzene rings is 2. The third-order valence-corrected chi connectivity index (χ3v) is 5.27. The average Bonchev–Trinajstić information content (AvgIpc) is 2.80. The summed E-state index contributed by atoms with van der Waals surface area (Å²) < 4.78 is 16.8. The van der Waals surface area contributed by atoms with Gasteiger partial charge >= 0.3 is 0 Å². The summed E-state index contributed by atoms with van der Waals surface area (Å²) in [6.45, 7) is 9.32. The van der Waals surface area contributed by atoms with E-state index in [9.17, 15) is 4.79 Å². The van der Waals surface area contributed by atoms with Gasteiger partial charge in [0, 0.05) is 5.56 Å². The number of amides is 1. The Bertz CT molecular complexity index is 909. The quantitative estimate of drug-likeness (QED) is 0.512. The van der Waals surface area contributed by atoms with E-state index in [4.69, 9.17) is 14.2 Å². The largest absolute Gasteiger partial charge is 0.496 e. The predicted molar refractivity (Wildman–Crippen MR) is 115 cm³/mol. The topological polar surface area (TPSA) is 73.6 Å². The van der Waals surface area contributed by atoms with E-state index in [-0.39, 0.29) is 12.5 Å². The molecule has 0 fully saturated rings. The molecule has 2 N–H and O–H groups in total. The van der Waals surface area contributed by atoms with Crippen molar-refractivity contribution in [1.82, 2.24) is 5.43 Å². The molecule has 7 nitrogen and oxygen atoms in total. The van der Waals surface area contributed by atoms with Crippen LogP contribution in [0.1, 0.15) is 31.9 Å². The van der Waals surface area contributed by atoms with E-state index in [2.05, 4.69) is 30.4 Å². The van der Waals surface area contributed by atoms with Crippen molar-refractivity contribution in [2.24, 2.45) is 5.10 Å². The lowest BCUT2D eigenvalue weighted by atomic mass is 10.1. The number of hydrogen-bond acceptors (Lipinski definition) is 5. The number of quaternary nitrogens is 1. The van der Waals surface area contributed by atoms with Gasteiger partial charge in [0.1, 0.15) is 18.9 Å². The molecule has 3 rings (SSSR count). The molecular weight excluding hydrogens is 382 g/mol. The Morgan fingerprint density at radius 3 is 2.63 bits per heavy atom. The molecule has 1 amide bonds. The van der Waals surface area contributed by atoms with Gasteiger partial charge in [0.2, 0.25) is 6.10 Å². The van der Waals surface area contributed by atoms with Crippen molar-refractivity contribution >= 4 is 11.6 Å². The SMILES string of the molecule is CC[NH+](CC)Cc1cc(/C(C)=N\NC(=O)[C@@H]2COc3ccccc3O2)ccc1OC. The van der Waals surface area contributed by atoms with Crippen molar-refractivity contribution in [3.63, 3.8) is 0 Å². The molecule has 0 bridgehead atoms. The maximum absolute atomic E-state index is 12.5. The number of nitrogens with one attached hydrogen (secondary N) is 2. The molecular formula is C23H30N3O4+. The molecule has 160 valence electrons. The van der Waals surface area contributed by atoms with Crippen LogP contribution in [-0.4, -0.2) is 44.5 Å². The molecule has 1 aliphatic rings. The second-order valence-corrected chi connectivity index (χ2v) is 7.20. The van der Waals surface area contributed by atoms with Gasteiger partial charge in [-0.3, -0.25) is 4.79 Å². The lowest BCUT2D eigenvalue weighted by Crippen LogP contribution is -3.10. The number of carbonyl (C=O) groups is 1. The fourth-order valence-corrected chi connectivity index (χ4v) is 3.34. The number of hydrazone groups is 1. The number of rotatable bonds is 8. The van der Waals surface area contributed by atoms with E-state index < -0.39 is 6.10 Å². The fraction of sp³-hybridized carbons (Fsp3) is 0.391. The molecule has 0 aliphatic carbocycles. The van der Waals surface area contributed by atoms with Gasteiger partial charge in [0.25, 0.3) is 5.91 Å². The Labute approximate surface area is 177 Å². The minimum absolute atomic E-state index is 0.150. The van der Waals surface area contributed by atoms with Gasteiger partial charge in [-0.05, 0) is 56.7 Å². The van der Waals surface area contributed by atoms with Crippen LogP contribution in [0.15, 0.2) is 47.6 Å². The summed E-state index contributed by atoms with van der Waals surface area (Å²) in [6.07, 6.45) is -0.742. The number of para-hydroxylation sites is 2. The molecule has 30 heavy (non-hydrogen) atoms. The smallest absolute Gasteiger partial charge is 0.284 e. The third-order valence-electron chi connectivity index (χ3n) is 5.27. The highest BCUT2D eigenvalue weighted by atomic mass is 16.6. The zero-order chi connectivity index (χ0) is 21.5. The van der Waals surface area contributed by atoms with Crippen LogP contribution in [0.25, 0.3) is 0 Å². The standard InChI is InChI=1S/C23H29N3O4/c1-5-26(6-2)14-18-13-17(11-12-19(18)28-4)16(3)24-25-23(27)22-15-29-20-9-7-8-10-21(20)30-22/h7-13,22H,5-6,14-15H2,1-4H3,(H,25,27)/p+1/b24-16-/t22-/m0/s1. The van der Waals surface area contributed by atoms with Crippen molar-refractivity contribution in [1.29, 1.82) is 0 Å². The number of ether oxygens (including phenoxy) is 3. The van der Waals surface area contributed by atoms with Crippen LogP contribution < -0.4 is 24.5 Å². The molecule has 7 heteroatoms. The van der Waals surface area contributed by atoms with E-state index in [0.717, 1.165) is 36.5 Å². The van der Waals surface area contributed by atoms with Crippen molar-refractivity contribution in [3.8, 4) is 17.2 Å². The summed E-state index contributed by atoms with van der Waals surface area (Å²) >= 11 is 0. The Morgan fingerprint density at radius 2 is 1.93 bits per heavy atom. The summed E-state index contributed by atoms with van der Waals surface area (Å²) in [7, 11) is 1.68. The molecule has 2 aromatic rings. The van der Waals surface area contributed by atoms with Crippen LogP contribution in [0.5, 0.6) is 17.2 Å². The maximum Gasteiger partial charge on any atom is 0.284 e. The summed E-state index contributed by atoms with van der Waals surface area (Å²) in [4.78, 5) is 13.9. The van der Waals surface area contributed by atoms with Crippen LogP contribution >= 0.6 is 0 Å². The molecule has 1 atom stereocenters. The minimum Gasteiger partial charge on any atom is -0.496 e. The van der Waals surface area contributed by atoms with E-state index in [1.54, 1.807) is 13.2 Å². The summed E-state index contributed by atoms with van der Waals surface area (Å²) in [5, 5.41) is 4.28. The van der Waals surface area contributed by atoms with Gasteiger partial charge in [0.05, 0.1) is 25.9 Å². The molecule has 0 saturated heterocycles. The number of fused-ring (bicyclic) bond motifs is 1. The first-order valence-corrected chi connectivity index (χ1v) is 10.3. The van der Waals surface area contributed by atoms with E-state index in [1.807, 2.05) is 37.3 Å². The fourth-order valence-electron chi connectivity index (χ4n) is 3.34. The monoisotopic (exact) mass is 412 g/mol. The van der Waals surface area contributed by atoms with Gasteiger partial charge < -0.3 is 19.1 Å².